The summed E-state index contributed by atoms with van der Waals surface area (Å²) in [7, 11) is -0.895. The Bertz CT molecular complexity index is 1780. The highest BCUT2D eigenvalue weighted by Crippen LogP contribution is 2.30. The Morgan fingerprint density at radius 1 is 1.11 bits per heavy atom. The van der Waals surface area contributed by atoms with Crippen LogP contribution in [-0.4, -0.2) is 108 Å². The van der Waals surface area contributed by atoms with Crippen molar-refractivity contribution in [1.29, 1.82) is 0 Å². The number of nitrogens with one attached hydrogen (secondary N) is 2. The van der Waals surface area contributed by atoms with Crippen molar-refractivity contribution in [3.05, 3.63) is 81.8 Å². The molecule has 14 nitrogen and oxygen atoms in total. The van der Waals surface area contributed by atoms with Crippen molar-refractivity contribution in [2.75, 3.05) is 27.2 Å². The van der Waals surface area contributed by atoms with Crippen LogP contribution in [0.15, 0.2) is 70.0 Å². The van der Waals surface area contributed by atoms with Gasteiger partial charge in [-0.1, -0.05) is 54.0 Å². The van der Waals surface area contributed by atoms with Crippen LogP contribution in [0.25, 0.3) is 0 Å². The quantitative estimate of drug-likeness (QED) is 0.0778. The largest absolute Gasteiger partial charge is 0.411 e. The minimum atomic E-state index is -4.08. The lowest BCUT2D eigenvalue weighted by atomic mass is 9.85. The van der Waals surface area contributed by atoms with Crippen LogP contribution in [-0.2, 0) is 43.9 Å². The van der Waals surface area contributed by atoms with E-state index in [0.29, 0.717) is 17.9 Å². The Hall–Kier alpha value is -3.93. The first kappa shape index (κ1) is 42.8. The van der Waals surface area contributed by atoms with Gasteiger partial charge in [0.15, 0.2) is 0 Å². The van der Waals surface area contributed by atoms with Crippen LogP contribution in [0, 0.1) is 5.92 Å². The number of urea groups is 1. The predicted octanol–water partition coefficient (Wildman–Crippen LogP) is 4.39. The second-order valence-corrected chi connectivity index (χ2v) is 17.6. The molecule has 4 atom stereocenters. The lowest BCUT2D eigenvalue weighted by Crippen LogP contribution is -2.60. The van der Waals surface area contributed by atoms with E-state index in [2.05, 4.69) is 20.8 Å². The average Bonchev–Trinajstić information content (AvgIpc) is 3.54. The maximum atomic E-state index is 14.3. The fraction of sp³-hybridized carbons (Fsp3) is 0.526. The molecule has 1 heterocycles. The van der Waals surface area contributed by atoms with Gasteiger partial charge in [-0.25, -0.2) is 18.2 Å². The lowest BCUT2D eigenvalue weighted by Gasteiger charge is -2.36. The molecule has 0 spiro atoms. The molecule has 0 unspecified atom stereocenters. The van der Waals surface area contributed by atoms with Gasteiger partial charge in [-0.2, -0.15) is 4.31 Å². The van der Waals surface area contributed by atoms with E-state index < -0.39 is 51.9 Å². The van der Waals surface area contributed by atoms with Crippen molar-refractivity contribution in [2.24, 2.45) is 11.1 Å². The van der Waals surface area contributed by atoms with Crippen molar-refractivity contribution in [3.8, 4) is 0 Å². The average molecular weight is 787 g/mol. The topological polar surface area (TPSA) is 183 Å². The third-order valence-corrected chi connectivity index (χ3v) is 11.8. The summed E-state index contributed by atoms with van der Waals surface area (Å²) in [4.78, 5) is 33.8. The molecule has 2 aromatic carbocycles. The number of aliphatic hydroxyl groups excluding tert-OH is 1. The number of aliphatic hydroxyl groups is 1. The van der Waals surface area contributed by atoms with E-state index in [-0.39, 0.29) is 36.9 Å². The molecule has 296 valence electrons. The smallest absolute Gasteiger partial charge is 0.318 e. The van der Waals surface area contributed by atoms with E-state index in [9.17, 15) is 23.1 Å². The van der Waals surface area contributed by atoms with Crippen LogP contribution in [0.1, 0.15) is 68.8 Å². The Morgan fingerprint density at radius 2 is 1.80 bits per heavy atom. The van der Waals surface area contributed by atoms with E-state index in [0.717, 1.165) is 29.8 Å². The zero-order valence-corrected chi connectivity index (χ0v) is 33.5. The Kier molecular flexibility index (Phi) is 15.5. The van der Waals surface area contributed by atoms with Crippen LogP contribution in [0.5, 0.6) is 0 Å². The molecule has 4 rings (SSSR count). The van der Waals surface area contributed by atoms with Gasteiger partial charge in [0.05, 0.1) is 53.8 Å². The third kappa shape index (κ3) is 12.6. The van der Waals surface area contributed by atoms with Gasteiger partial charge in [-0.3, -0.25) is 4.79 Å². The SMILES string of the molecule is COCc1nc(CN(C)C(=O)N[C@H](C(=O)N[C@@H](Cc2ccccc2)[C@H](O)CN(CC2CCC2)S(=O)(=O)c2ccc(C=NO)cc2)[C@@H](C)OC(C)(C)C)cs1. The number of oxime groups is 1. The van der Waals surface area contributed by atoms with Crippen LogP contribution in [0.3, 0.4) is 0 Å². The van der Waals surface area contributed by atoms with Crippen LogP contribution in [0.2, 0.25) is 0 Å². The number of ether oxygens (including phenoxy) is 2. The number of nitrogens with zero attached hydrogens (tertiary/aromatic N) is 4. The molecule has 3 amide bonds. The molecule has 1 aliphatic rings. The fourth-order valence-electron chi connectivity index (χ4n) is 6.13. The fourth-order valence-corrected chi connectivity index (χ4v) is 8.42. The van der Waals surface area contributed by atoms with Gasteiger partial charge < -0.3 is 35.3 Å². The van der Waals surface area contributed by atoms with Gasteiger partial charge in [0.25, 0.3) is 0 Å². The minimum absolute atomic E-state index is 0.0281. The predicted molar refractivity (Wildman–Crippen MR) is 207 cm³/mol. The van der Waals surface area contributed by atoms with Crippen LogP contribution >= 0.6 is 11.3 Å². The summed E-state index contributed by atoms with van der Waals surface area (Å²) >= 11 is 1.43. The number of sulfonamides is 1. The van der Waals surface area contributed by atoms with E-state index in [1.165, 1.54) is 51.0 Å². The Labute approximate surface area is 322 Å². The summed E-state index contributed by atoms with van der Waals surface area (Å²) in [5, 5.41) is 32.2. The number of carbonyl (C=O) groups excluding carboxylic acids is 2. The molecule has 0 saturated heterocycles. The highest BCUT2D eigenvalue weighted by Gasteiger charge is 2.37. The van der Waals surface area contributed by atoms with Crippen molar-refractivity contribution in [1.82, 2.24) is 24.8 Å². The summed E-state index contributed by atoms with van der Waals surface area (Å²) < 4.78 is 40.7. The lowest BCUT2D eigenvalue weighted by molar-refractivity contribution is -0.132. The van der Waals surface area contributed by atoms with E-state index in [4.69, 9.17) is 14.7 Å². The summed E-state index contributed by atoms with van der Waals surface area (Å²) in [5.41, 5.74) is 1.35. The van der Waals surface area contributed by atoms with E-state index >= 15 is 0 Å². The molecular formula is C38H54N6O8S2. The number of thiazole rings is 1. The van der Waals surface area contributed by atoms with Gasteiger partial charge >= 0.3 is 6.03 Å². The molecule has 0 radical (unpaired) electrons. The number of benzene rings is 2. The van der Waals surface area contributed by atoms with Crippen molar-refractivity contribution in [3.63, 3.8) is 0 Å². The van der Waals surface area contributed by atoms with Gasteiger partial charge in [0.1, 0.15) is 11.0 Å². The number of hydrogen-bond acceptors (Lipinski definition) is 11. The molecule has 3 aromatic rings. The van der Waals surface area contributed by atoms with Gasteiger partial charge in [-0.05, 0) is 76.1 Å². The molecule has 1 fully saturated rings. The molecule has 0 bridgehead atoms. The third-order valence-electron chi connectivity index (χ3n) is 9.08. The second kappa shape index (κ2) is 19.6. The first-order chi connectivity index (χ1) is 25.6. The number of amides is 3. The second-order valence-electron chi connectivity index (χ2n) is 14.7. The summed E-state index contributed by atoms with van der Waals surface area (Å²) in [6.07, 6.45) is 1.99. The van der Waals surface area contributed by atoms with Crippen molar-refractivity contribution >= 4 is 39.5 Å². The molecule has 16 heteroatoms. The Balaban J connectivity index is 1.59. The monoisotopic (exact) mass is 786 g/mol. The zero-order chi connectivity index (χ0) is 39.5. The highest BCUT2D eigenvalue weighted by atomic mass is 32.2. The first-order valence-electron chi connectivity index (χ1n) is 18.0. The number of rotatable bonds is 19. The number of aromatic nitrogens is 1. The molecule has 1 aliphatic carbocycles. The van der Waals surface area contributed by atoms with E-state index in [1.807, 2.05) is 56.5 Å². The van der Waals surface area contributed by atoms with Gasteiger partial charge in [0, 0.05) is 32.6 Å². The molecule has 4 N–H and O–H groups in total. The standard InChI is InChI=1S/C38H54N6O8S2/c1-26(52-38(2,3)4)35(42-37(47)43(5)22-30-25-53-34(40-30)24-51-6)36(46)41-32(19-27-11-8-7-9-12-27)33(45)23-44(21-29-13-10-14-29)54(49,50)31-17-15-28(16-18-31)20-39-48/h7-9,11-12,15-18,20,25-26,29,32-33,35,45,48H,10,13-14,19,21-24H2,1-6H3,(H,41,46)(H,42,47)/t26-,32+,33-,35+/m1/s1. The van der Waals surface area contributed by atoms with Gasteiger partial charge in [0.2, 0.25) is 15.9 Å². The summed E-state index contributed by atoms with van der Waals surface area (Å²) in [6, 6.07) is 12.5. The molecule has 0 aliphatic heterocycles. The van der Waals surface area contributed by atoms with Crippen molar-refractivity contribution < 1.29 is 37.8 Å². The number of methoxy groups -OCH3 is 1. The van der Waals surface area contributed by atoms with Gasteiger partial charge in [-0.15, -0.1) is 11.3 Å². The maximum Gasteiger partial charge on any atom is 0.318 e. The number of hydrogen-bond donors (Lipinski definition) is 4. The van der Waals surface area contributed by atoms with Crippen LogP contribution in [0.4, 0.5) is 4.79 Å². The molecule has 54 heavy (non-hydrogen) atoms. The zero-order valence-electron chi connectivity index (χ0n) is 31.8. The first-order valence-corrected chi connectivity index (χ1v) is 20.3. The van der Waals surface area contributed by atoms with Crippen LogP contribution < -0.4 is 10.6 Å². The Morgan fingerprint density at radius 3 is 2.39 bits per heavy atom. The number of carbonyl (C=O) groups is 2. The molecule has 1 saturated carbocycles. The van der Waals surface area contributed by atoms with Crippen molar-refractivity contribution in [2.45, 2.75) is 101 Å². The normalized spacial score (nSPS) is 16.1. The highest BCUT2D eigenvalue weighted by molar-refractivity contribution is 7.89. The van der Waals surface area contributed by atoms with E-state index in [1.54, 1.807) is 21.1 Å². The maximum absolute atomic E-state index is 14.3. The summed E-state index contributed by atoms with van der Waals surface area (Å²) in [5.74, 6) is -0.461. The molecule has 1 aromatic heterocycles. The summed E-state index contributed by atoms with van der Waals surface area (Å²) in [6.45, 7) is 7.70. The minimum Gasteiger partial charge on any atom is -0.411 e. The molecular weight excluding hydrogens is 733 g/mol.